The van der Waals surface area contributed by atoms with E-state index in [-0.39, 0.29) is 5.56 Å². The Hall–Kier alpha value is -3.06. The molecule has 2 fully saturated rings. The predicted molar refractivity (Wildman–Crippen MR) is 119 cm³/mol. The summed E-state index contributed by atoms with van der Waals surface area (Å²) in [5.74, 6) is 0.430. The van der Waals surface area contributed by atoms with E-state index in [9.17, 15) is 4.79 Å². The molecule has 2 saturated carbocycles. The molecule has 4 aromatic rings. The minimum atomic E-state index is -0.108. The molecule has 2 aromatic heterocycles. The number of hydrogen-bond donors (Lipinski definition) is 2. The maximum atomic E-state index is 12.0. The van der Waals surface area contributed by atoms with Crippen LogP contribution < -0.4 is 10.9 Å². The summed E-state index contributed by atoms with van der Waals surface area (Å²) in [4.78, 5) is 12.0. The van der Waals surface area contributed by atoms with Gasteiger partial charge in [-0.3, -0.25) is 4.79 Å². The van der Waals surface area contributed by atoms with Crippen LogP contribution in [-0.2, 0) is 0 Å². The second-order valence-electron chi connectivity index (χ2n) is 8.62. The largest absolute Gasteiger partial charge is 0.357 e. The topological polar surface area (TPSA) is 83.6 Å². The molecule has 0 radical (unpaired) electrons. The third kappa shape index (κ3) is 2.92. The van der Waals surface area contributed by atoms with Crippen LogP contribution in [0.25, 0.3) is 21.3 Å². The lowest BCUT2D eigenvalue weighted by atomic mass is 9.49. The summed E-state index contributed by atoms with van der Waals surface area (Å²) < 4.78 is 0. The number of H-pyrrole nitrogens is 1. The molecule has 0 amide bonds. The van der Waals surface area contributed by atoms with Crippen LogP contribution in [0.15, 0.2) is 59.4 Å². The maximum Gasteiger partial charge on any atom is 0.272 e. The summed E-state index contributed by atoms with van der Waals surface area (Å²) >= 11 is 1.61. The van der Waals surface area contributed by atoms with Crippen molar-refractivity contribution in [1.82, 2.24) is 20.4 Å². The Bertz CT molecular complexity index is 1270. The summed E-state index contributed by atoms with van der Waals surface area (Å²) in [5.41, 5.74) is 2.46. The van der Waals surface area contributed by atoms with Gasteiger partial charge in [0.25, 0.3) is 5.56 Å². The van der Waals surface area contributed by atoms with Gasteiger partial charge in [-0.1, -0.05) is 59.9 Å². The summed E-state index contributed by atoms with van der Waals surface area (Å²) in [6, 6.07) is 18.4. The Balaban J connectivity index is 1.10. The molecule has 0 saturated heterocycles. The van der Waals surface area contributed by atoms with Gasteiger partial charge in [-0.05, 0) is 37.2 Å². The fourth-order valence-electron chi connectivity index (χ4n) is 5.20. The fourth-order valence-corrected chi connectivity index (χ4v) is 6.03. The van der Waals surface area contributed by atoms with Crippen molar-refractivity contribution >= 4 is 27.2 Å². The average molecular weight is 416 g/mol. The van der Waals surface area contributed by atoms with Crippen molar-refractivity contribution in [1.29, 1.82) is 0 Å². The van der Waals surface area contributed by atoms with Crippen molar-refractivity contribution in [2.75, 3.05) is 5.32 Å². The van der Waals surface area contributed by atoms with Crippen LogP contribution >= 0.6 is 11.3 Å². The van der Waals surface area contributed by atoms with Gasteiger partial charge in [0.05, 0.1) is 11.1 Å². The van der Waals surface area contributed by atoms with E-state index >= 15 is 0 Å². The van der Waals surface area contributed by atoms with Crippen molar-refractivity contribution in [3.05, 3.63) is 70.6 Å². The van der Waals surface area contributed by atoms with Gasteiger partial charge in [-0.25, -0.2) is 5.10 Å². The molecule has 2 aliphatic rings. The van der Waals surface area contributed by atoms with E-state index in [1.165, 1.54) is 0 Å². The molecule has 150 valence electrons. The third-order valence-corrected chi connectivity index (χ3v) is 7.51. The Morgan fingerprint density at radius 1 is 0.933 bits per heavy atom. The van der Waals surface area contributed by atoms with E-state index in [1.54, 1.807) is 11.3 Å². The number of fused-ring (bicyclic) bond motifs is 1. The van der Waals surface area contributed by atoms with Crippen LogP contribution in [0.2, 0.25) is 0 Å². The molecule has 6 nitrogen and oxygen atoms in total. The highest BCUT2D eigenvalue weighted by molar-refractivity contribution is 7.18. The van der Waals surface area contributed by atoms with Gasteiger partial charge in [0.2, 0.25) is 5.13 Å². The highest BCUT2D eigenvalue weighted by atomic mass is 32.1. The zero-order valence-electron chi connectivity index (χ0n) is 16.3. The number of nitrogens with one attached hydrogen (secondary N) is 2. The molecular weight excluding hydrogens is 394 g/mol. The summed E-state index contributed by atoms with van der Waals surface area (Å²) in [5, 5.41) is 22.9. The number of anilines is 1. The minimum Gasteiger partial charge on any atom is -0.357 e. The van der Waals surface area contributed by atoms with Gasteiger partial charge in [0.1, 0.15) is 5.01 Å². The number of hydrogen-bond acceptors (Lipinski definition) is 6. The molecule has 7 heteroatoms. The highest BCUT2D eigenvalue weighted by Crippen LogP contribution is 2.62. The number of benzene rings is 2. The lowest BCUT2D eigenvalue weighted by Gasteiger charge is -2.57. The first-order valence-electron chi connectivity index (χ1n) is 10.3. The molecule has 2 aromatic carbocycles. The molecule has 0 bridgehead atoms. The molecule has 6 rings (SSSR count). The number of aromatic amines is 1. The van der Waals surface area contributed by atoms with Crippen LogP contribution in [0.3, 0.4) is 0 Å². The van der Waals surface area contributed by atoms with Gasteiger partial charge >= 0.3 is 0 Å². The van der Waals surface area contributed by atoms with Crippen molar-refractivity contribution in [3.63, 3.8) is 0 Å². The number of rotatable bonds is 4. The van der Waals surface area contributed by atoms with Gasteiger partial charge in [0.15, 0.2) is 0 Å². The molecule has 2 heterocycles. The normalized spacial score (nSPS) is 25.1. The van der Waals surface area contributed by atoms with Gasteiger partial charge in [0, 0.05) is 22.9 Å². The van der Waals surface area contributed by atoms with E-state index in [2.05, 4.69) is 37.8 Å². The van der Waals surface area contributed by atoms with E-state index in [0.717, 1.165) is 57.9 Å². The molecule has 0 atom stereocenters. The Kier molecular flexibility index (Phi) is 3.99. The predicted octanol–water partition coefficient (Wildman–Crippen LogP) is 4.58. The Labute approximate surface area is 177 Å². The SMILES string of the molecule is O=c1[nH]nc(C2CC3(CC(Nc4nnc(-c5ccccc5)s4)C3)C2)c2ccccc12. The smallest absolute Gasteiger partial charge is 0.272 e. The lowest BCUT2D eigenvalue weighted by molar-refractivity contribution is -0.00288. The second-order valence-corrected chi connectivity index (χ2v) is 9.59. The average Bonchev–Trinajstić information content (AvgIpc) is 3.19. The van der Waals surface area contributed by atoms with Gasteiger partial charge in [-0.15, -0.1) is 10.2 Å². The van der Waals surface area contributed by atoms with Crippen LogP contribution in [0.1, 0.15) is 37.3 Å². The quantitative estimate of drug-likeness (QED) is 0.510. The maximum absolute atomic E-state index is 12.0. The number of nitrogens with zero attached hydrogens (tertiary/aromatic N) is 3. The van der Waals surface area contributed by atoms with E-state index in [0.29, 0.717) is 17.4 Å². The first kappa shape index (κ1) is 17.8. The molecule has 30 heavy (non-hydrogen) atoms. The first-order valence-corrected chi connectivity index (χ1v) is 11.1. The first-order chi connectivity index (χ1) is 14.7. The lowest BCUT2D eigenvalue weighted by Crippen LogP contribution is -2.52. The van der Waals surface area contributed by atoms with Crippen LogP contribution in [0.4, 0.5) is 5.13 Å². The fraction of sp³-hybridized carbons (Fsp3) is 0.304. The van der Waals surface area contributed by atoms with Gasteiger partial charge < -0.3 is 5.32 Å². The molecular formula is C23H21N5OS. The zero-order chi connectivity index (χ0) is 20.1. The van der Waals surface area contributed by atoms with Crippen molar-refractivity contribution in [2.45, 2.75) is 37.6 Å². The van der Waals surface area contributed by atoms with E-state index in [4.69, 9.17) is 0 Å². The van der Waals surface area contributed by atoms with Crippen molar-refractivity contribution < 1.29 is 0 Å². The summed E-state index contributed by atoms with van der Waals surface area (Å²) in [6.45, 7) is 0. The molecule has 1 spiro atoms. The molecule has 0 unspecified atom stereocenters. The second kappa shape index (κ2) is 6.74. The van der Waals surface area contributed by atoms with Crippen LogP contribution in [0.5, 0.6) is 0 Å². The van der Waals surface area contributed by atoms with E-state index < -0.39 is 0 Å². The monoisotopic (exact) mass is 415 g/mol. The molecule has 2 aliphatic carbocycles. The van der Waals surface area contributed by atoms with E-state index in [1.807, 2.05) is 42.5 Å². The van der Waals surface area contributed by atoms with Crippen molar-refractivity contribution in [3.8, 4) is 10.6 Å². The Morgan fingerprint density at radius 2 is 1.67 bits per heavy atom. The summed E-state index contributed by atoms with van der Waals surface area (Å²) in [6.07, 6.45) is 4.59. The number of aromatic nitrogens is 4. The van der Waals surface area contributed by atoms with Crippen molar-refractivity contribution in [2.24, 2.45) is 5.41 Å². The third-order valence-electron chi connectivity index (χ3n) is 6.60. The Morgan fingerprint density at radius 3 is 2.47 bits per heavy atom. The zero-order valence-corrected chi connectivity index (χ0v) is 17.2. The summed E-state index contributed by atoms with van der Waals surface area (Å²) in [7, 11) is 0. The molecule has 0 aliphatic heterocycles. The highest BCUT2D eigenvalue weighted by Gasteiger charge is 2.54. The van der Waals surface area contributed by atoms with Gasteiger partial charge in [-0.2, -0.15) is 5.10 Å². The molecule has 2 N–H and O–H groups in total. The standard InChI is InChI=1S/C23H21N5OS/c29-20-18-9-5-4-8-17(18)19(25-26-20)15-10-23(11-15)12-16(13-23)24-22-28-27-21(30-22)14-6-2-1-3-7-14/h1-9,15-16H,10-13H2,(H,24,28)(H,26,29). The van der Waals surface area contributed by atoms with Crippen LogP contribution in [0, 0.1) is 5.41 Å². The van der Waals surface area contributed by atoms with Crippen LogP contribution in [-0.4, -0.2) is 26.4 Å². The minimum absolute atomic E-state index is 0.108.